The Morgan fingerprint density at radius 1 is 1.24 bits per heavy atom. The van der Waals surface area contributed by atoms with E-state index in [1.165, 1.54) is 35.4 Å². The van der Waals surface area contributed by atoms with Crippen LogP contribution in [0.2, 0.25) is 0 Å². The summed E-state index contributed by atoms with van der Waals surface area (Å²) >= 11 is 0. The van der Waals surface area contributed by atoms with Gasteiger partial charge in [-0.05, 0) is 24.3 Å². The Bertz CT molecular complexity index is 1170. The van der Waals surface area contributed by atoms with Crippen LogP contribution in [0.3, 0.4) is 0 Å². The van der Waals surface area contributed by atoms with Crippen molar-refractivity contribution < 1.29 is 9.53 Å². The molecular weight excluding hydrogens is 376 g/mol. The van der Waals surface area contributed by atoms with E-state index in [0.717, 1.165) is 10.1 Å². The van der Waals surface area contributed by atoms with E-state index < -0.39 is 17.2 Å². The highest BCUT2D eigenvalue weighted by atomic mass is 16.5. The number of carbonyl (C=O) groups excluding carboxylic acids is 1. The van der Waals surface area contributed by atoms with Gasteiger partial charge >= 0.3 is 5.69 Å². The Morgan fingerprint density at radius 2 is 2.03 bits per heavy atom. The van der Waals surface area contributed by atoms with Gasteiger partial charge in [0.1, 0.15) is 6.54 Å². The number of hydrogen-bond donors (Lipinski definition) is 1. The van der Waals surface area contributed by atoms with Crippen molar-refractivity contribution in [2.24, 2.45) is 20.0 Å². The molecule has 1 aliphatic rings. The maximum absolute atomic E-state index is 12.6. The summed E-state index contributed by atoms with van der Waals surface area (Å²) in [6.07, 6.45) is 5.52. The molecular formula is C19H22N6O4. The van der Waals surface area contributed by atoms with Gasteiger partial charge in [-0.2, -0.15) is 0 Å². The minimum atomic E-state index is -0.588. The summed E-state index contributed by atoms with van der Waals surface area (Å²) in [5.41, 5.74) is 0.215. The van der Waals surface area contributed by atoms with Crippen molar-refractivity contribution in [3.63, 3.8) is 0 Å². The average Bonchev–Trinajstić information content (AvgIpc) is 3.47. The molecule has 152 valence electrons. The summed E-state index contributed by atoms with van der Waals surface area (Å²) in [6, 6.07) is 3.59. The van der Waals surface area contributed by atoms with E-state index in [9.17, 15) is 14.4 Å². The Morgan fingerprint density at radius 3 is 2.72 bits per heavy atom. The number of ether oxygens (including phenoxy) is 1. The van der Waals surface area contributed by atoms with Crippen LogP contribution in [0.25, 0.3) is 11.2 Å². The van der Waals surface area contributed by atoms with E-state index in [1.54, 1.807) is 19.3 Å². The van der Waals surface area contributed by atoms with E-state index in [4.69, 9.17) is 4.74 Å². The molecule has 0 atom stereocenters. The zero-order chi connectivity index (χ0) is 20.5. The summed E-state index contributed by atoms with van der Waals surface area (Å²) in [4.78, 5) is 45.7. The molecule has 1 amide bonds. The molecule has 1 saturated carbocycles. The lowest BCUT2D eigenvalue weighted by molar-refractivity contribution is -0.121. The Labute approximate surface area is 165 Å². The van der Waals surface area contributed by atoms with Crippen LogP contribution in [-0.2, 0) is 32.0 Å². The number of aryl methyl sites for hydroxylation is 2. The molecule has 3 aromatic rings. The van der Waals surface area contributed by atoms with Gasteiger partial charge in [-0.1, -0.05) is 6.07 Å². The molecule has 3 aromatic heterocycles. The molecule has 4 rings (SSSR count). The van der Waals surface area contributed by atoms with Crippen LogP contribution in [0, 0.1) is 5.92 Å². The molecule has 0 saturated heterocycles. The van der Waals surface area contributed by atoms with Gasteiger partial charge in [-0.15, -0.1) is 0 Å². The highest BCUT2D eigenvalue weighted by Crippen LogP contribution is 2.29. The maximum atomic E-state index is 12.6. The van der Waals surface area contributed by atoms with Gasteiger partial charge in [0.05, 0.1) is 12.9 Å². The van der Waals surface area contributed by atoms with Crippen molar-refractivity contribution in [3.05, 3.63) is 51.1 Å². The molecule has 3 heterocycles. The molecule has 0 bridgehead atoms. The molecule has 0 aromatic carbocycles. The second kappa shape index (κ2) is 7.53. The fraction of sp³-hybridized carbons (Fsp3) is 0.421. The van der Waals surface area contributed by atoms with Crippen LogP contribution in [0.15, 0.2) is 34.2 Å². The predicted molar refractivity (Wildman–Crippen MR) is 105 cm³/mol. The lowest BCUT2D eigenvalue weighted by atomic mass is 10.3. The van der Waals surface area contributed by atoms with Gasteiger partial charge in [0, 0.05) is 32.9 Å². The van der Waals surface area contributed by atoms with Gasteiger partial charge in [0.15, 0.2) is 11.2 Å². The molecule has 0 spiro atoms. The molecule has 1 aliphatic carbocycles. The molecule has 10 nitrogen and oxygen atoms in total. The van der Waals surface area contributed by atoms with Crippen molar-refractivity contribution in [2.45, 2.75) is 25.9 Å². The quantitative estimate of drug-likeness (QED) is 0.596. The number of nitrogens with one attached hydrogen (secondary N) is 1. The number of imidazole rings is 1. The largest absolute Gasteiger partial charge is 0.477 e. The van der Waals surface area contributed by atoms with E-state index >= 15 is 0 Å². The third-order valence-corrected chi connectivity index (χ3v) is 4.95. The molecule has 10 heteroatoms. The third-order valence-electron chi connectivity index (χ3n) is 4.95. The average molecular weight is 398 g/mol. The van der Waals surface area contributed by atoms with Crippen molar-refractivity contribution in [1.82, 2.24) is 29.0 Å². The van der Waals surface area contributed by atoms with Crippen molar-refractivity contribution >= 4 is 17.1 Å². The van der Waals surface area contributed by atoms with Crippen molar-refractivity contribution in [3.8, 4) is 5.88 Å². The Hall–Kier alpha value is -3.43. The van der Waals surface area contributed by atoms with Gasteiger partial charge in [0.25, 0.3) is 5.56 Å². The van der Waals surface area contributed by atoms with E-state index in [-0.39, 0.29) is 24.3 Å². The maximum Gasteiger partial charge on any atom is 0.332 e. The predicted octanol–water partition coefficient (Wildman–Crippen LogP) is -0.0661. The number of amides is 1. The molecule has 1 fully saturated rings. The van der Waals surface area contributed by atoms with Crippen molar-refractivity contribution in [2.75, 3.05) is 6.61 Å². The fourth-order valence-corrected chi connectivity index (χ4v) is 3.02. The smallest absolute Gasteiger partial charge is 0.332 e. The first kappa shape index (κ1) is 18.9. The van der Waals surface area contributed by atoms with Crippen LogP contribution in [0.1, 0.15) is 18.4 Å². The van der Waals surface area contributed by atoms with E-state index in [1.807, 2.05) is 6.07 Å². The van der Waals surface area contributed by atoms with Crippen LogP contribution in [-0.4, -0.2) is 36.2 Å². The zero-order valence-electron chi connectivity index (χ0n) is 16.3. The summed E-state index contributed by atoms with van der Waals surface area (Å²) < 4.78 is 9.28. The molecule has 0 unspecified atom stereocenters. The minimum Gasteiger partial charge on any atom is -0.477 e. The van der Waals surface area contributed by atoms with Crippen LogP contribution in [0.4, 0.5) is 0 Å². The normalized spacial score (nSPS) is 13.6. The topological polar surface area (TPSA) is 113 Å². The molecule has 0 aliphatic heterocycles. The van der Waals surface area contributed by atoms with Gasteiger partial charge in [0.2, 0.25) is 11.8 Å². The van der Waals surface area contributed by atoms with Crippen LogP contribution in [0.5, 0.6) is 5.88 Å². The summed E-state index contributed by atoms with van der Waals surface area (Å²) in [5, 5.41) is 2.71. The third kappa shape index (κ3) is 3.91. The number of aromatic nitrogens is 5. The second-order valence-corrected chi connectivity index (χ2v) is 7.30. The zero-order valence-corrected chi connectivity index (χ0v) is 16.3. The SMILES string of the molecule is Cn1cnc2c1c(=O)n(CC(=O)NCc1ccc(OCC3CC3)nc1)c(=O)n2C. The summed E-state index contributed by atoms with van der Waals surface area (Å²) in [7, 11) is 3.18. The van der Waals surface area contributed by atoms with E-state index in [0.29, 0.717) is 18.4 Å². The van der Waals surface area contributed by atoms with Crippen LogP contribution >= 0.6 is 0 Å². The lowest BCUT2D eigenvalue weighted by Crippen LogP contribution is -2.43. The monoisotopic (exact) mass is 398 g/mol. The highest BCUT2D eigenvalue weighted by molar-refractivity contribution is 5.76. The van der Waals surface area contributed by atoms with Crippen molar-refractivity contribution in [1.29, 1.82) is 0 Å². The summed E-state index contributed by atoms with van der Waals surface area (Å²) in [5.74, 6) is 0.767. The second-order valence-electron chi connectivity index (χ2n) is 7.30. The number of hydrogen-bond acceptors (Lipinski definition) is 6. The lowest BCUT2D eigenvalue weighted by Gasteiger charge is -2.10. The first-order valence-electron chi connectivity index (χ1n) is 9.39. The number of rotatable bonds is 7. The number of nitrogens with zero attached hydrogens (tertiary/aromatic N) is 5. The van der Waals surface area contributed by atoms with Gasteiger partial charge < -0.3 is 14.6 Å². The first-order chi connectivity index (χ1) is 13.9. The van der Waals surface area contributed by atoms with Gasteiger partial charge in [-0.25, -0.2) is 19.3 Å². The minimum absolute atomic E-state index is 0.234. The highest BCUT2D eigenvalue weighted by Gasteiger charge is 2.22. The molecule has 29 heavy (non-hydrogen) atoms. The fourth-order valence-electron chi connectivity index (χ4n) is 3.02. The Kier molecular flexibility index (Phi) is 4.91. The number of carbonyl (C=O) groups is 1. The molecule has 1 N–H and O–H groups in total. The standard InChI is InChI=1S/C19H22N6O4/c1-23-11-22-17-16(23)18(27)25(19(28)24(17)2)9-14(26)20-7-13-5-6-15(21-8-13)29-10-12-3-4-12/h5-6,8,11-12H,3-4,7,9-10H2,1-2H3,(H,20,26). The van der Waals surface area contributed by atoms with Crippen LogP contribution < -0.4 is 21.3 Å². The number of pyridine rings is 1. The van der Waals surface area contributed by atoms with E-state index in [2.05, 4.69) is 15.3 Å². The summed E-state index contributed by atoms with van der Waals surface area (Å²) in [6.45, 7) is 0.550. The number of fused-ring (bicyclic) bond motifs is 1. The molecule has 0 radical (unpaired) electrons. The first-order valence-corrected chi connectivity index (χ1v) is 9.39. The Balaban J connectivity index is 1.41. The van der Waals surface area contributed by atoms with Gasteiger partial charge in [-0.3, -0.25) is 14.2 Å².